The van der Waals surface area contributed by atoms with E-state index in [4.69, 9.17) is 27.5 Å². The van der Waals surface area contributed by atoms with Crippen LogP contribution in [0.1, 0.15) is 113 Å². The van der Waals surface area contributed by atoms with Crippen LogP contribution in [0.25, 0.3) is 0 Å². The van der Waals surface area contributed by atoms with Crippen molar-refractivity contribution >= 4 is 42.7 Å². The Kier molecular flexibility index (Phi) is 15.3. The average Bonchev–Trinajstić information content (AvgIpc) is 3.27. The van der Waals surface area contributed by atoms with Gasteiger partial charge in [0.1, 0.15) is 23.9 Å². The molecule has 1 N–H and O–H groups in total. The molecule has 3 aliphatic carbocycles. The third kappa shape index (κ3) is 8.12. The first kappa shape index (κ1) is 49.8. The maximum absolute atomic E-state index is 16.9. The molecule has 5 rings (SSSR count). The molecule has 1 aromatic carbocycles. The van der Waals surface area contributed by atoms with Crippen molar-refractivity contribution in [1.82, 2.24) is 0 Å². The maximum Gasteiger partial charge on any atom is 0.338 e. The summed E-state index contributed by atoms with van der Waals surface area (Å²) in [6.07, 6.45) is -3.04. The number of rotatable bonds is 19. The highest BCUT2D eigenvalue weighted by atomic mass is 28.4. The number of hydrogen-bond donors (Lipinski definition) is 1. The van der Waals surface area contributed by atoms with Crippen molar-refractivity contribution in [3.05, 3.63) is 59.7 Å². The van der Waals surface area contributed by atoms with Crippen LogP contribution in [0.5, 0.6) is 0 Å². The molecule has 0 unspecified atom stereocenters. The summed E-state index contributed by atoms with van der Waals surface area (Å²) in [5.41, 5.74) is -4.20. The minimum absolute atomic E-state index is 0.0619. The van der Waals surface area contributed by atoms with Gasteiger partial charge in [0.2, 0.25) is 0 Å². The third-order valence-electron chi connectivity index (χ3n) is 16.9. The molecule has 3 fully saturated rings. The Hall–Kier alpha value is -2.24. The molecule has 13 heteroatoms. The topological polar surface area (TPSA) is 127 Å². The second kappa shape index (κ2) is 18.7. The molecule has 2 bridgehead atoms. The van der Waals surface area contributed by atoms with E-state index in [1.165, 1.54) is 0 Å². The van der Waals surface area contributed by atoms with Crippen molar-refractivity contribution in [2.75, 3.05) is 6.61 Å². The van der Waals surface area contributed by atoms with Crippen molar-refractivity contribution in [2.45, 2.75) is 199 Å². The monoisotopic (exact) mass is 898 g/mol. The van der Waals surface area contributed by atoms with Crippen LogP contribution in [0.15, 0.2) is 54.1 Å². The zero-order valence-electron chi connectivity index (χ0n) is 39.7. The summed E-state index contributed by atoms with van der Waals surface area (Å²) < 4.78 is 42.4. The fourth-order valence-corrected chi connectivity index (χ4v) is 20.3. The molecule has 0 amide bonds. The standard InChI is InChI=1S/C48H78O10Si3/c1-15-38(49)55-47-32-53-37(47)30-36(57-60(19-5,20-6)21-7)46(14)41(47)43(54-44(51)34-28-26-25-27-29-34)48(52)31-35(56-59(16-2,17-3)18-4)33(11)39(45(48,12)13)40(42(46)50)58-61(22-8,23-9)24-10/h15,25-29,35-37,40-41,43,52H,1,16-24,30-32H2,2-14H3/t35-,36-,37+,40+,41-,43-,46+,47-,48+/m0/s1. The molecule has 1 saturated heterocycles. The van der Waals surface area contributed by atoms with Gasteiger partial charge in [-0.05, 0) is 91.5 Å². The summed E-state index contributed by atoms with van der Waals surface area (Å²) in [4.78, 5) is 45.3. The number of fused-ring (bicyclic) bond motifs is 5. The Balaban J connectivity index is 1.97. The van der Waals surface area contributed by atoms with Crippen molar-refractivity contribution in [1.29, 1.82) is 0 Å². The van der Waals surface area contributed by atoms with Gasteiger partial charge >= 0.3 is 11.9 Å². The van der Waals surface area contributed by atoms with Gasteiger partial charge in [-0.25, -0.2) is 9.59 Å². The maximum atomic E-state index is 16.9. The van der Waals surface area contributed by atoms with E-state index in [2.05, 4.69) is 75.8 Å². The fraction of sp³-hybridized carbons (Fsp3) is 0.729. The first-order valence-electron chi connectivity index (χ1n) is 23.5. The minimum Gasteiger partial charge on any atom is -0.455 e. The molecule has 1 heterocycles. The van der Waals surface area contributed by atoms with Crippen LogP contribution in [-0.2, 0) is 37.1 Å². The van der Waals surface area contributed by atoms with E-state index in [-0.39, 0.29) is 25.2 Å². The van der Waals surface area contributed by atoms with Crippen LogP contribution in [0, 0.1) is 16.7 Å². The molecule has 10 nitrogen and oxygen atoms in total. The number of hydrogen-bond acceptors (Lipinski definition) is 10. The molecule has 1 aliphatic heterocycles. The first-order valence-corrected chi connectivity index (χ1v) is 31.1. The summed E-state index contributed by atoms with van der Waals surface area (Å²) in [5.74, 6) is -2.66. The number of aliphatic hydroxyl groups is 1. The van der Waals surface area contributed by atoms with Gasteiger partial charge in [0.25, 0.3) is 0 Å². The fourth-order valence-electron chi connectivity index (χ4n) is 11.8. The van der Waals surface area contributed by atoms with Crippen molar-refractivity contribution in [3.8, 4) is 0 Å². The molecule has 4 aliphatic rings. The van der Waals surface area contributed by atoms with Gasteiger partial charge in [-0.3, -0.25) is 4.79 Å². The molecule has 0 spiro atoms. The number of Topliss-reactive ketones (excluding diaryl/α,β-unsaturated/α-hetero) is 1. The van der Waals surface area contributed by atoms with Gasteiger partial charge in [-0.2, -0.15) is 0 Å². The Labute approximate surface area is 370 Å². The smallest absolute Gasteiger partial charge is 0.338 e. The SMILES string of the molecule is C=CC(=O)O[C@@]12CO[C@@H]1C[C@H](O[Si](CC)(CC)CC)[C@@]1(C)C(=O)[C@H](O[Si](CC)(CC)CC)C3=C(C)[C@@H](O[Si](CC)(CC)CC)C[C@@](O)([C@@H](OC(=O)c4ccccc4)[C@H]21)C3(C)C. The predicted molar refractivity (Wildman–Crippen MR) is 248 cm³/mol. The van der Waals surface area contributed by atoms with E-state index in [0.717, 1.165) is 66.0 Å². The average molecular weight is 899 g/mol. The molecule has 0 radical (unpaired) electrons. The van der Waals surface area contributed by atoms with Gasteiger partial charge in [-0.1, -0.05) is 101 Å². The summed E-state index contributed by atoms with van der Waals surface area (Å²) >= 11 is 0. The van der Waals surface area contributed by atoms with Crippen LogP contribution >= 0.6 is 0 Å². The van der Waals surface area contributed by atoms with Crippen LogP contribution in [0.2, 0.25) is 54.4 Å². The van der Waals surface area contributed by atoms with Gasteiger partial charge in [0.05, 0.1) is 35.7 Å². The Morgan fingerprint density at radius 2 is 1.33 bits per heavy atom. The second-order valence-electron chi connectivity index (χ2n) is 19.2. The van der Waals surface area contributed by atoms with Crippen LogP contribution < -0.4 is 0 Å². The van der Waals surface area contributed by atoms with Crippen LogP contribution in [0.3, 0.4) is 0 Å². The summed E-state index contributed by atoms with van der Waals surface area (Å²) in [6, 6.07) is 16.2. The molecular weight excluding hydrogens is 821 g/mol. The van der Waals surface area contributed by atoms with Gasteiger partial charge in [0, 0.05) is 24.3 Å². The van der Waals surface area contributed by atoms with Crippen molar-refractivity contribution < 1.29 is 47.0 Å². The first-order chi connectivity index (χ1) is 28.8. The Bertz CT molecular complexity index is 1760. The number of esters is 2. The molecule has 0 aromatic heterocycles. The Morgan fingerprint density at radius 3 is 1.80 bits per heavy atom. The van der Waals surface area contributed by atoms with Gasteiger partial charge in [-0.15, -0.1) is 0 Å². The van der Waals surface area contributed by atoms with Crippen molar-refractivity contribution in [2.24, 2.45) is 16.7 Å². The third-order valence-corrected chi connectivity index (χ3v) is 30.8. The summed E-state index contributed by atoms with van der Waals surface area (Å²) in [7, 11) is -7.42. The number of carbonyl (C=O) groups is 3. The zero-order chi connectivity index (χ0) is 45.4. The number of benzene rings is 1. The molecular formula is C48H78O10Si3. The lowest BCUT2D eigenvalue weighted by atomic mass is 9.44. The van der Waals surface area contributed by atoms with E-state index in [1.807, 2.05) is 26.8 Å². The van der Waals surface area contributed by atoms with Crippen LogP contribution in [0.4, 0.5) is 0 Å². The van der Waals surface area contributed by atoms with Gasteiger partial charge < -0.3 is 32.6 Å². The van der Waals surface area contributed by atoms with E-state index < -0.39 is 95.4 Å². The number of ketones is 1. The van der Waals surface area contributed by atoms with E-state index in [1.54, 1.807) is 24.3 Å². The lowest BCUT2D eigenvalue weighted by Crippen LogP contribution is -2.82. The minimum atomic E-state index is -2.59. The van der Waals surface area contributed by atoms with E-state index in [0.29, 0.717) is 11.1 Å². The molecule has 9 atom stereocenters. The summed E-state index contributed by atoms with van der Waals surface area (Å²) in [5, 5.41) is 14.3. The van der Waals surface area contributed by atoms with E-state index in [9.17, 15) is 14.7 Å². The predicted octanol–water partition coefficient (Wildman–Crippen LogP) is 10.3. The number of ether oxygens (including phenoxy) is 3. The highest BCUT2D eigenvalue weighted by Gasteiger charge is 2.79. The highest BCUT2D eigenvalue weighted by Crippen LogP contribution is 2.65. The second-order valence-corrected chi connectivity index (χ2v) is 33.4. The molecule has 2 saturated carbocycles. The molecule has 342 valence electrons. The normalized spacial score (nSPS) is 32.5. The van der Waals surface area contributed by atoms with Gasteiger partial charge in [0.15, 0.2) is 36.3 Å². The lowest BCUT2D eigenvalue weighted by molar-refractivity contribution is -0.343. The summed E-state index contributed by atoms with van der Waals surface area (Å²) in [6.45, 7) is 31.1. The van der Waals surface area contributed by atoms with Crippen molar-refractivity contribution in [3.63, 3.8) is 0 Å². The largest absolute Gasteiger partial charge is 0.455 e. The molecule has 61 heavy (non-hydrogen) atoms. The molecule has 1 aromatic rings. The highest BCUT2D eigenvalue weighted by molar-refractivity contribution is 6.74. The quantitative estimate of drug-likeness (QED) is 0.0621. The van der Waals surface area contributed by atoms with Crippen LogP contribution in [-0.4, -0.2) is 96.1 Å². The van der Waals surface area contributed by atoms with E-state index >= 15 is 4.79 Å². The lowest BCUT2D eigenvalue weighted by Gasteiger charge is -2.68. The zero-order valence-corrected chi connectivity index (χ0v) is 42.7. The number of carbonyl (C=O) groups excluding carboxylic acids is 3. The Morgan fingerprint density at radius 1 is 0.820 bits per heavy atom.